The maximum absolute atomic E-state index is 7.26. The molecule has 0 spiro atoms. The number of para-hydroxylation sites is 4. The first-order chi connectivity index (χ1) is 34.0. The molecule has 2 aliphatic rings. The Kier molecular flexibility index (Phi) is 9.28. The van der Waals surface area contributed by atoms with Crippen LogP contribution in [0.3, 0.4) is 0 Å². The standard InChI is InChI=1S/C64H58N2O3Si2/c1-63(2)51-37-41(65(39-25-31-43(32-26-39)70(5,6)7)53-21-15-19-47-45-17-11-13-23-55(45)67-59(47)53)29-35-49(51)61-57(63)58-62(69-61)50-36-30-42(38-52(50)64(58,3)4)66(40-27-33-44(34-28-40)71(8,9)10)54-22-16-20-48-46-18-12-14-24-56(46)68-60(48)54/h11-38H,1-10H3. The molecule has 0 fully saturated rings. The van der Waals surface area contributed by atoms with Crippen LogP contribution in [0.15, 0.2) is 183 Å². The predicted octanol–water partition coefficient (Wildman–Crippen LogP) is 17.7. The molecule has 0 amide bonds. The van der Waals surface area contributed by atoms with Crippen molar-refractivity contribution in [2.45, 2.75) is 77.8 Å². The van der Waals surface area contributed by atoms with Crippen LogP contribution in [0.5, 0.6) is 0 Å². The highest BCUT2D eigenvalue weighted by atomic mass is 28.3. The van der Waals surface area contributed by atoms with Gasteiger partial charge in [-0.2, -0.15) is 0 Å². The lowest BCUT2D eigenvalue weighted by Crippen LogP contribution is -2.37. The first-order valence-corrected chi connectivity index (χ1v) is 32.1. The number of rotatable bonds is 8. The number of benzene rings is 8. The van der Waals surface area contributed by atoms with Crippen LogP contribution in [-0.2, 0) is 10.8 Å². The number of hydrogen-bond donors (Lipinski definition) is 0. The van der Waals surface area contributed by atoms with Crippen LogP contribution in [-0.4, -0.2) is 16.1 Å². The summed E-state index contributed by atoms with van der Waals surface area (Å²) in [5.74, 6) is 1.96. The molecule has 0 N–H and O–H groups in total. The molecule has 3 heterocycles. The maximum Gasteiger partial charge on any atom is 0.159 e. The zero-order valence-corrected chi connectivity index (χ0v) is 44.3. The van der Waals surface area contributed by atoms with Crippen LogP contribution in [0.2, 0.25) is 39.3 Å². The quantitative estimate of drug-likeness (QED) is 0.142. The smallest absolute Gasteiger partial charge is 0.159 e. The summed E-state index contributed by atoms with van der Waals surface area (Å²) in [6.07, 6.45) is 0. The topological polar surface area (TPSA) is 45.9 Å². The second-order valence-corrected chi connectivity index (χ2v) is 33.1. The van der Waals surface area contributed by atoms with Crippen LogP contribution in [0, 0.1) is 0 Å². The third kappa shape index (κ3) is 6.48. The number of hydrogen-bond acceptors (Lipinski definition) is 5. The van der Waals surface area contributed by atoms with Crippen molar-refractivity contribution in [1.82, 2.24) is 0 Å². The van der Waals surface area contributed by atoms with Crippen molar-refractivity contribution in [2.75, 3.05) is 9.80 Å². The molecule has 2 aliphatic carbocycles. The zero-order valence-electron chi connectivity index (χ0n) is 42.3. The molecule has 0 saturated carbocycles. The van der Waals surface area contributed by atoms with E-state index >= 15 is 0 Å². The van der Waals surface area contributed by atoms with Gasteiger partial charge in [0.15, 0.2) is 11.2 Å². The summed E-state index contributed by atoms with van der Waals surface area (Å²) >= 11 is 0. The van der Waals surface area contributed by atoms with Gasteiger partial charge in [0, 0.05) is 77.4 Å². The zero-order chi connectivity index (χ0) is 48.9. The lowest BCUT2D eigenvalue weighted by atomic mass is 9.74. The van der Waals surface area contributed by atoms with E-state index in [1.165, 1.54) is 32.6 Å². The number of nitrogens with zero attached hydrogens (tertiary/aromatic N) is 2. The molecule has 0 radical (unpaired) electrons. The summed E-state index contributed by atoms with van der Waals surface area (Å²) in [6, 6.07) is 62.2. The molecule has 13 rings (SSSR count). The van der Waals surface area contributed by atoms with Crippen molar-refractivity contribution < 1.29 is 13.3 Å². The first-order valence-electron chi connectivity index (χ1n) is 25.1. The normalized spacial score (nSPS) is 14.6. The van der Waals surface area contributed by atoms with Crippen molar-refractivity contribution in [3.8, 4) is 22.6 Å². The van der Waals surface area contributed by atoms with E-state index in [4.69, 9.17) is 13.3 Å². The SMILES string of the molecule is CC1(C)c2cc(N(c3ccc([Si](C)(C)C)cc3)c3cccc4c3oc3ccccc34)ccc2-c2oc3c(c21)C(C)(C)c1cc(N(c2ccc([Si](C)(C)C)cc2)c2cccc4c2oc2ccccc24)ccc1-3. The molecule has 71 heavy (non-hydrogen) atoms. The average Bonchev–Trinajstić information content (AvgIpc) is 4.14. The Morgan fingerprint density at radius 3 is 1.13 bits per heavy atom. The fraction of sp³-hybridized carbons (Fsp3) is 0.188. The van der Waals surface area contributed by atoms with Gasteiger partial charge in [-0.05, 0) is 96.1 Å². The third-order valence-electron chi connectivity index (χ3n) is 15.7. The van der Waals surface area contributed by atoms with Gasteiger partial charge in [-0.15, -0.1) is 0 Å². The van der Waals surface area contributed by atoms with Crippen molar-refractivity contribution >= 4 is 105 Å². The van der Waals surface area contributed by atoms with Gasteiger partial charge >= 0.3 is 0 Å². The van der Waals surface area contributed by atoms with E-state index in [0.29, 0.717) is 0 Å². The summed E-state index contributed by atoms with van der Waals surface area (Å²) in [5, 5.41) is 7.32. The van der Waals surface area contributed by atoms with Gasteiger partial charge in [0.25, 0.3) is 0 Å². The largest absolute Gasteiger partial charge is 0.455 e. The highest BCUT2D eigenvalue weighted by Crippen LogP contribution is 2.62. The van der Waals surface area contributed by atoms with Crippen molar-refractivity contribution in [3.63, 3.8) is 0 Å². The van der Waals surface area contributed by atoms with Crippen LogP contribution in [0.4, 0.5) is 34.1 Å². The molecule has 0 bridgehead atoms. The van der Waals surface area contributed by atoms with E-state index in [9.17, 15) is 0 Å². The minimum Gasteiger partial charge on any atom is -0.455 e. The molecule has 0 atom stereocenters. The van der Waals surface area contributed by atoms with Gasteiger partial charge in [0.05, 0.1) is 27.5 Å². The van der Waals surface area contributed by atoms with E-state index in [1.54, 1.807) is 0 Å². The van der Waals surface area contributed by atoms with E-state index < -0.39 is 16.1 Å². The van der Waals surface area contributed by atoms with Gasteiger partial charge in [-0.1, -0.05) is 162 Å². The van der Waals surface area contributed by atoms with Gasteiger partial charge in [-0.25, -0.2) is 0 Å². The molecule has 7 heteroatoms. The Balaban J connectivity index is 0.930. The fourth-order valence-corrected chi connectivity index (χ4v) is 14.3. The second kappa shape index (κ2) is 15.1. The highest BCUT2D eigenvalue weighted by molar-refractivity contribution is 6.89. The summed E-state index contributed by atoms with van der Waals surface area (Å²) in [6.45, 7) is 24.0. The predicted molar refractivity (Wildman–Crippen MR) is 304 cm³/mol. The molecule has 5 nitrogen and oxygen atoms in total. The molecule has 3 aromatic heterocycles. The Labute approximate surface area is 418 Å². The van der Waals surface area contributed by atoms with Crippen LogP contribution >= 0.6 is 0 Å². The van der Waals surface area contributed by atoms with E-state index in [2.05, 4.69) is 235 Å². The molecule has 0 unspecified atom stereocenters. The molecule has 0 aliphatic heterocycles. The lowest BCUT2D eigenvalue weighted by Gasteiger charge is -2.30. The molecule has 11 aromatic rings. The van der Waals surface area contributed by atoms with Gasteiger partial charge < -0.3 is 23.1 Å². The summed E-state index contributed by atoms with van der Waals surface area (Å²) in [7, 11) is -3.08. The second-order valence-electron chi connectivity index (χ2n) is 23.0. The molecule has 8 aromatic carbocycles. The molecular weight excluding hydrogens is 901 g/mol. The van der Waals surface area contributed by atoms with Crippen molar-refractivity contribution in [2.24, 2.45) is 0 Å². The van der Waals surface area contributed by atoms with E-state index in [0.717, 1.165) is 101 Å². The number of anilines is 6. The van der Waals surface area contributed by atoms with Crippen molar-refractivity contribution in [3.05, 3.63) is 192 Å². The maximum atomic E-state index is 7.26. The van der Waals surface area contributed by atoms with Crippen molar-refractivity contribution in [1.29, 1.82) is 0 Å². The number of furan rings is 3. The molecule has 0 saturated heterocycles. The highest BCUT2D eigenvalue weighted by Gasteiger charge is 2.50. The van der Waals surface area contributed by atoms with E-state index in [-0.39, 0.29) is 10.8 Å². The monoisotopic (exact) mass is 958 g/mol. The summed E-state index contributed by atoms with van der Waals surface area (Å²) < 4.78 is 20.7. The minimum absolute atomic E-state index is 0.361. The van der Waals surface area contributed by atoms with Gasteiger partial charge in [0.1, 0.15) is 22.7 Å². The number of fused-ring (bicyclic) bond motifs is 13. The minimum atomic E-state index is -1.54. The van der Waals surface area contributed by atoms with Crippen LogP contribution < -0.4 is 20.2 Å². The van der Waals surface area contributed by atoms with Gasteiger partial charge in [-0.3, -0.25) is 0 Å². The Morgan fingerprint density at radius 1 is 0.366 bits per heavy atom. The van der Waals surface area contributed by atoms with Crippen LogP contribution in [0.1, 0.15) is 49.9 Å². The lowest BCUT2D eigenvalue weighted by molar-refractivity contribution is 0.592. The average molecular weight is 959 g/mol. The fourth-order valence-electron chi connectivity index (χ4n) is 11.9. The van der Waals surface area contributed by atoms with E-state index in [1.807, 2.05) is 12.1 Å². The van der Waals surface area contributed by atoms with Gasteiger partial charge in [0.2, 0.25) is 0 Å². The third-order valence-corrected chi connectivity index (χ3v) is 19.9. The Bertz CT molecular complexity index is 3710. The molecule has 350 valence electrons. The first kappa shape index (κ1) is 43.7. The summed E-state index contributed by atoms with van der Waals surface area (Å²) in [5.41, 5.74) is 16.6. The Morgan fingerprint density at radius 2 is 0.732 bits per heavy atom. The van der Waals surface area contributed by atoms with Crippen LogP contribution in [0.25, 0.3) is 66.5 Å². The Hall–Kier alpha value is -7.33. The molecular formula is C64H58N2O3Si2. The summed E-state index contributed by atoms with van der Waals surface area (Å²) in [4.78, 5) is 4.77.